The third kappa shape index (κ3) is 2.14. The highest BCUT2D eigenvalue weighted by Crippen LogP contribution is 2.33. The summed E-state index contributed by atoms with van der Waals surface area (Å²) in [5, 5.41) is 0.569. The van der Waals surface area contributed by atoms with Crippen LogP contribution in [0.5, 0.6) is 0 Å². The Bertz CT molecular complexity index is 760. The fourth-order valence-electron chi connectivity index (χ4n) is 2.10. The van der Waals surface area contributed by atoms with E-state index in [4.69, 9.17) is 11.6 Å². The van der Waals surface area contributed by atoms with Crippen LogP contribution in [0.1, 0.15) is 5.69 Å². The molecule has 0 saturated carbocycles. The zero-order chi connectivity index (χ0) is 14.3. The number of aromatic nitrogens is 2. The van der Waals surface area contributed by atoms with Crippen LogP contribution in [0, 0.1) is 0 Å². The maximum atomic E-state index is 12.9. The maximum absolute atomic E-state index is 12.9. The Hall–Kier alpha value is -2.01. The second-order valence-corrected chi connectivity index (χ2v) is 4.69. The molecule has 0 fully saturated rings. The lowest BCUT2D eigenvalue weighted by molar-refractivity contribution is -0.142. The van der Waals surface area contributed by atoms with Gasteiger partial charge in [-0.05, 0) is 29.8 Å². The smallest absolute Gasteiger partial charge is 0.295 e. The minimum Gasteiger partial charge on any atom is -0.295 e. The Morgan fingerprint density at radius 1 is 1.00 bits per heavy atom. The van der Waals surface area contributed by atoms with Crippen LogP contribution in [0.3, 0.4) is 0 Å². The number of imidazole rings is 1. The normalized spacial score (nSPS) is 12.0. The monoisotopic (exact) mass is 296 g/mol. The van der Waals surface area contributed by atoms with Gasteiger partial charge in [-0.15, -0.1) is 0 Å². The van der Waals surface area contributed by atoms with Gasteiger partial charge in [-0.2, -0.15) is 13.2 Å². The van der Waals surface area contributed by atoms with E-state index < -0.39 is 11.9 Å². The summed E-state index contributed by atoms with van der Waals surface area (Å²) in [6.07, 6.45) is -1.76. The summed E-state index contributed by atoms with van der Waals surface area (Å²) in [4.78, 5) is 4.02. The van der Waals surface area contributed by atoms with Crippen LogP contribution in [0.15, 0.2) is 48.8 Å². The molecular weight excluding hydrogens is 289 g/mol. The van der Waals surface area contributed by atoms with E-state index in [1.54, 1.807) is 24.3 Å². The molecule has 2 nitrogen and oxygen atoms in total. The Morgan fingerprint density at radius 3 is 2.35 bits per heavy atom. The van der Waals surface area contributed by atoms with Crippen molar-refractivity contribution >= 4 is 17.2 Å². The number of fused-ring (bicyclic) bond motifs is 1. The standard InChI is InChI=1S/C14H8ClF3N2/c15-10-3-1-9(2-4-10)11-5-6-12(14(16,17)18)20-8-7-19-13(11)20/h1-8H. The maximum Gasteiger partial charge on any atom is 0.431 e. The highest BCUT2D eigenvalue weighted by molar-refractivity contribution is 6.30. The van der Waals surface area contributed by atoms with Gasteiger partial charge < -0.3 is 0 Å². The Morgan fingerprint density at radius 2 is 1.70 bits per heavy atom. The minimum absolute atomic E-state index is 0.266. The Balaban J connectivity index is 2.24. The summed E-state index contributed by atoms with van der Waals surface area (Å²) < 4.78 is 39.8. The Labute approximate surface area is 117 Å². The molecule has 0 aliphatic heterocycles. The van der Waals surface area contributed by atoms with E-state index in [0.717, 1.165) is 16.0 Å². The first-order valence-corrected chi connectivity index (χ1v) is 6.14. The van der Waals surface area contributed by atoms with Crippen LogP contribution in [0.25, 0.3) is 16.8 Å². The third-order valence-electron chi connectivity index (χ3n) is 2.99. The summed E-state index contributed by atoms with van der Waals surface area (Å²) in [5.74, 6) is 0. The molecule has 2 heterocycles. The molecule has 20 heavy (non-hydrogen) atoms. The third-order valence-corrected chi connectivity index (χ3v) is 3.25. The van der Waals surface area contributed by atoms with Crippen LogP contribution >= 0.6 is 11.6 Å². The number of hydrogen-bond donors (Lipinski definition) is 0. The zero-order valence-corrected chi connectivity index (χ0v) is 10.8. The first-order valence-electron chi connectivity index (χ1n) is 5.76. The van der Waals surface area contributed by atoms with Gasteiger partial charge in [0, 0.05) is 23.0 Å². The van der Waals surface area contributed by atoms with Gasteiger partial charge in [-0.25, -0.2) is 4.98 Å². The molecule has 0 amide bonds. The van der Waals surface area contributed by atoms with Gasteiger partial charge in [0.1, 0.15) is 11.3 Å². The Kier molecular flexibility index (Phi) is 2.94. The number of benzene rings is 1. The summed E-state index contributed by atoms with van der Waals surface area (Å²) in [5.41, 5.74) is 0.906. The van der Waals surface area contributed by atoms with Crippen LogP contribution in [0.4, 0.5) is 13.2 Å². The van der Waals surface area contributed by atoms with Gasteiger partial charge in [0.2, 0.25) is 0 Å². The number of rotatable bonds is 1. The van der Waals surface area contributed by atoms with E-state index >= 15 is 0 Å². The molecule has 1 aromatic carbocycles. The molecule has 0 bridgehead atoms. The van der Waals surface area contributed by atoms with Crippen LogP contribution in [-0.4, -0.2) is 9.38 Å². The second kappa shape index (κ2) is 4.52. The van der Waals surface area contributed by atoms with Crippen molar-refractivity contribution in [1.29, 1.82) is 0 Å². The highest BCUT2D eigenvalue weighted by atomic mass is 35.5. The SMILES string of the molecule is FC(F)(F)c1ccc(-c2ccc(Cl)cc2)c2nccn12. The van der Waals surface area contributed by atoms with E-state index in [0.29, 0.717) is 10.6 Å². The molecular formula is C14H8ClF3N2. The van der Waals surface area contributed by atoms with Gasteiger partial charge in [-0.3, -0.25) is 4.40 Å². The summed E-state index contributed by atoms with van der Waals surface area (Å²) in [6, 6.07) is 9.36. The van der Waals surface area contributed by atoms with E-state index in [9.17, 15) is 13.2 Å². The fraction of sp³-hybridized carbons (Fsp3) is 0.0714. The lowest BCUT2D eigenvalue weighted by Crippen LogP contribution is -2.11. The molecule has 0 spiro atoms. The van der Waals surface area contributed by atoms with Crippen molar-refractivity contribution in [1.82, 2.24) is 9.38 Å². The van der Waals surface area contributed by atoms with E-state index in [1.165, 1.54) is 18.5 Å². The van der Waals surface area contributed by atoms with Crippen molar-refractivity contribution in [3.05, 3.63) is 59.5 Å². The number of pyridine rings is 1. The van der Waals surface area contributed by atoms with E-state index in [1.807, 2.05) is 0 Å². The van der Waals surface area contributed by atoms with Crippen molar-refractivity contribution in [2.45, 2.75) is 6.18 Å². The molecule has 0 saturated heterocycles. The average Bonchev–Trinajstić information content (AvgIpc) is 2.86. The number of nitrogens with zero attached hydrogens (tertiary/aromatic N) is 2. The molecule has 0 N–H and O–H groups in total. The molecule has 0 aliphatic rings. The van der Waals surface area contributed by atoms with Crippen LogP contribution in [-0.2, 0) is 6.18 Å². The number of halogens is 4. The van der Waals surface area contributed by atoms with Gasteiger partial charge >= 0.3 is 6.18 Å². The molecule has 0 unspecified atom stereocenters. The van der Waals surface area contributed by atoms with Crippen molar-refractivity contribution in [2.24, 2.45) is 0 Å². The van der Waals surface area contributed by atoms with Crippen LogP contribution in [0.2, 0.25) is 5.02 Å². The first kappa shape index (κ1) is 13.0. The first-order chi connectivity index (χ1) is 9.47. The fourth-order valence-corrected chi connectivity index (χ4v) is 2.23. The molecule has 0 atom stereocenters. The summed E-state index contributed by atoms with van der Waals surface area (Å²) >= 11 is 5.81. The lowest BCUT2D eigenvalue weighted by Gasteiger charge is -2.12. The molecule has 102 valence electrons. The summed E-state index contributed by atoms with van der Waals surface area (Å²) in [6.45, 7) is 0. The molecule has 6 heteroatoms. The predicted octanol–water partition coefficient (Wildman–Crippen LogP) is 4.67. The van der Waals surface area contributed by atoms with Crippen molar-refractivity contribution in [2.75, 3.05) is 0 Å². The van der Waals surface area contributed by atoms with E-state index in [2.05, 4.69) is 4.98 Å². The summed E-state index contributed by atoms with van der Waals surface area (Å²) in [7, 11) is 0. The molecule has 2 aromatic heterocycles. The van der Waals surface area contributed by atoms with E-state index in [-0.39, 0.29) is 5.65 Å². The van der Waals surface area contributed by atoms with Gasteiger partial charge in [-0.1, -0.05) is 23.7 Å². The van der Waals surface area contributed by atoms with Crippen molar-refractivity contribution < 1.29 is 13.2 Å². The zero-order valence-electron chi connectivity index (χ0n) is 10.0. The predicted molar refractivity (Wildman–Crippen MR) is 70.6 cm³/mol. The molecule has 0 aliphatic carbocycles. The second-order valence-electron chi connectivity index (χ2n) is 4.26. The highest BCUT2D eigenvalue weighted by Gasteiger charge is 2.33. The molecule has 3 rings (SSSR count). The van der Waals surface area contributed by atoms with Crippen molar-refractivity contribution in [3.8, 4) is 11.1 Å². The molecule has 0 radical (unpaired) electrons. The number of alkyl halides is 3. The topological polar surface area (TPSA) is 17.3 Å². The van der Waals surface area contributed by atoms with Crippen molar-refractivity contribution in [3.63, 3.8) is 0 Å². The quantitative estimate of drug-likeness (QED) is 0.637. The largest absolute Gasteiger partial charge is 0.431 e. The van der Waals surface area contributed by atoms with Crippen LogP contribution < -0.4 is 0 Å². The lowest BCUT2D eigenvalue weighted by atomic mass is 10.1. The number of hydrogen-bond acceptors (Lipinski definition) is 1. The molecule has 3 aromatic rings. The van der Waals surface area contributed by atoms with Gasteiger partial charge in [0.05, 0.1) is 0 Å². The van der Waals surface area contributed by atoms with Gasteiger partial charge in [0.25, 0.3) is 0 Å². The average molecular weight is 297 g/mol. The van der Waals surface area contributed by atoms with Gasteiger partial charge in [0.15, 0.2) is 0 Å². The minimum atomic E-state index is -4.42.